The van der Waals surface area contributed by atoms with E-state index in [-0.39, 0.29) is 25.1 Å². The molecule has 0 aromatic heterocycles. The van der Waals surface area contributed by atoms with Crippen molar-refractivity contribution in [3.05, 3.63) is 0 Å². The molecule has 4 nitrogen and oxygen atoms in total. The van der Waals surface area contributed by atoms with Gasteiger partial charge in [-0.25, -0.2) is 0 Å². The molecule has 0 bridgehead atoms. The number of nitrogens with one attached hydrogen (secondary N) is 1. The molecule has 0 saturated carbocycles. The third-order valence-corrected chi connectivity index (χ3v) is 2.32. The van der Waals surface area contributed by atoms with Crippen LogP contribution in [0.5, 0.6) is 0 Å². The molecular formula is C9H15F3N2O2. The normalized spacial score (nSPS) is 21.9. The standard InChI is InChI=1S/C9H15F3N2O2/c1-2-7-8(15)14(6-13-7)3-4-16-5-9(10,11)12/h7,13H,2-6H2,1H3. The summed E-state index contributed by atoms with van der Waals surface area (Å²) in [4.78, 5) is 13.0. The van der Waals surface area contributed by atoms with E-state index in [2.05, 4.69) is 10.1 Å². The lowest BCUT2D eigenvalue weighted by Crippen LogP contribution is -2.33. The summed E-state index contributed by atoms with van der Waals surface area (Å²) in [6.45, 7) is 1.09. The molecule has 1 aliphatic rings. The van der Waals surface area contributed by atoms with Crippen molar-refractivity contribution in [2.45, 2.75) is 25.6 Å². The summed E-state index contributed by atoms with van der Waals surface area (Å²) in [5.41, 5.74) is 0. The van der Waals surface area contributed by atoms with Gasteiger partial charge in [0.05, 0.1) is 19.3 Å². The van der Waals surface area contributed by atoms with Crippen LogP contribution in [0.25, 0.3) is 0 Å². The molecule has 1 heterocycles. The Kier molecular flexibility index (Phi) is 4.55. The third-order valence-electron chi connectivity index (χ3n) is 2.32. The molecule has 1 amide bonds. The van der Waals surface area contributed by atoms with E-state index in [4.69, 9.17) is 0 Å². The van der Waals surface area contributed by atoms with Crippen LogP contribution in [0.3, 0.4) is 0 Å². The molecule has 1 unspecified atom stereocenters. The van der Waals surface area contributed by atoms with Gasteiger partial charge in [-0.2, -0.15) is 13.2 Å². The quantitative estimate of drug-likeness (QED) is 0.720. The van der Waals surface area contributed by atoms with Crippen molar-refractivity contribution in [2.24, 2.45) is 0 Å². The fraction of sp³-hybridized carbons (Fsp3) is 0.889. The van der Waals surface area contributed by atoms with Crippen LogP contribution < -0.4 is 5.32 Å². The Morgan fingerprint density at radius 3 is 2.75 bits per heavy atom. The summed E-state index contributed by atoms with van der Waals surface area (Å²) >= 11 is 0. The van der Waals surface area contributed by atoms with Gasteiger partial charge in [-0.1, -0.05) is 6.92 Å². The molecule has 1 N–H and O–H groups in total. The minimum Gasteiger partial charge on any atom is -0.370 e. The zero-order valence-corrected chi connectivity index (χ0v) is 9.01. The average molecular weight is 240 g/mol. The van der Waals surface area contributed by atoms with Gasteiger partial charge in [0.2, 0.25) is 5.91 Å². The highest BCUT2D eigenvalue weighted by molar-refractivity contribution is 5.83. The number of amides is 1. The van der Waals surface area contributed by atoms with Crippen molar-refractivity contribution in [1.29, 1.82) is 0 Å². The number of hydrogen-bond donors (Lipinski definition) is 1. The number of rotatable bonds is 5. The minimum absolute atomic E-state index is 0.0712. The fourth-order valence-electron chi connectivity index (χ4n) is 1.48. The molecule has 0 aromatic rings. The number of halogens is 3. The van der Waals surface area contributed by atoms with Crippen LogP contribution in [-0.2, 0) is 9.53 Å². The number of hydrogen-bond acceptors (Lipinski definition) is 3. The van der Waals surface area contributed by atoms with E-state index >= 15 is 0 Å². The van der Waals surface area contributed by atoms with Gasteiger partial charge in [-0.15, -0.1) is 0 Å². The largest absolute Gasteiger partial charge is 0.411 e. The maximum atomic E-state index is 11.7. The van der Waals surface area contributed by atoms with Crippen molar-refractivity contribution in [2.75, 3.05) is 26.4 Å². The summed E-state index contributed by atoms with van der Waals surface area (Å²) < 4.78 is 39.6. The number of nitrogens with zero attached hydrogens (tertiary/aromatic N) is 1. The van der Waals surface area contributed by atoms with Gasteiger partial charge in [-0.3, -0.25) is 10.1 Å². The van der Waals surface area contributed by atoms with E-state index in [0.29, 0.717) is 13.1 Å². The molecule has 1 fully saturated rings. The first kappa shape index (κ1) is 13.2. The molecule has 7 heteroatoms. The van der Waals surface area contributed by atoms with Gasteiger partial charge < -0.3 is 9.64 Å². The van der Waals surface area contributed by atoms with Gasteiger partial charge in [0, 0.05) is 6.54 Å². The Labute approximate surface area is 91.7 Å². The van der Waals surface area contributed by atoms with Crippen LogP contribution in [0.1, 0.15) is 13.3 Å². The topological polar surface area (TPSA) is 41.6 Å². The number of ether oxygens (including phenoxy) is 1. The molecule has 0 aromatic carbocycles. The summed E-state index contributed by atoms with van der Waals surface area (Å²) in [6, 6.07) is -0.206. The van der Waals surface area contributed by atoms with E-state index in [9.17, 15) is 18.0 Å². The summed E-state index contributed by atoms with van der Waals surface area (Å²) in [5, 5.41) is 2.96. The second kappa shape index (κ2) is 5.49. The van der Waals surface area contributed by atoms with E-state index in [1.165, 1.54) is 4.90 Å². The Morgan fingerprint density at radius 1 is 1.56 bits per heavy atom. The van der Waals surface area contributed by atoms with E-state index in [1.54, 1.807) is 0 Å². The maximum Gasteiger partial charge on any atom is 0.411 e. The van der Waals surface area contributed by atoms with E-state index in [0.717, 1.165) is 0 Å². The lowest BCUT2D eigenvalue weighted by atomic mass is 10.2. The van der Waals surface area contributed by atoms with Crippen LogP contribution in [0, 0.1) is 0 Å². The van der Waals surface area contributed by atoms with Crippen LogP contribution >= 0.6 is 0 Å². The molecule has 16 heavy (non-hydrogen) atoms. The first-order valence-corrected chi connectivity index (χ1v) is 5.10. The number of alkyl halides is 3. The van der Waals surface area contributed by atoms with E-state index in [1.807, 2.05) is 6.92 Å². The molecule has 0 aliphatic carbocycles. The lowest BCUT2D eigenvalue weighted by molar-refractivity contribution is -0.174. The SMILES string of the molecule is CCC1NCN(CCOCC(F)(F)F)C1=O. The van der Waals surface area contributed by atoms with Gasteiger partial charge in [0.25, 0.3) is 0 Å². The average Bonchev–Trinajstić information content (AvgIpc) is 2.53. The lowest BCUT2D eigenvalue weighted by Gasteiger charge is -2.15. The maximum absolute atomic E-state index is 11.7. The molecule has 94 valence electrons. The van der Waals surface area contributed by atoms with Crippen LogP contribution in [-0.4, -0.2) is 49.5 Å². The predicted octanol–water partition coefficient (Wildman–Crippen LogP) is 0.733. The first-order chi connectivity index (χ1) is 7.44. The second-order valence-corrected chi connectivity index (χ2v) is 3.59. The molecule has 0 radical (unpaired) electrons. The van der Waals surface area contributed by atoms with Crippen LogP contribution in [0.4, 0.5) is 13.2 Å². The number of carbonyl (C=O) groups excluding carboxylic acids is 1. The van der Waals surface area contributed by atoms with Gasteiger partial charge in [0.1, 0.15) is 6.61 Å². The van der Waals surface area contributed by atoms with Crippen molar-refractivity contribution in [3.8, 4) is 0 Å². The molecule has 1 saturated heterocycles. The Balaban J connectivity index is 2.17. The Morgan fingerprint density at radius 2 is 2.25 bits per heavy atom. The smallest absolute Gasteiger partial charge is 0.370 e. The van der Waals surface area contributed by atoms with Crippen molar-refractivity contribution in [3.63, 3.8) is 0 Å². The Bertz CT molecular complexity index is 245. The third kappa shape index (κ3) is 3.97. The van der Waals surface area contributed by atoms with Crippen LogP contribution in [0.2, 0.25) is 0 Å². The monoisotopic (exact) mass is 240 g/mol. The Hall–Kier alpha value is -0.820. The van der Waals surface area contributed by atoms with E-state index < -0.39 is 12.8 Å². The minimum atomic E-state index is -4.31. The zero-order chi connectivity index (χ0) is 12.2. The second-order valence-electron chi connectivity index (χ2n) is 3.59. The molecule has 1 aliphatic heterocycles. The zero-order valence-electron chi connectivity index (χ0n) is 9.01. The van der Waals surface area contributed by atoms with Crippen molar-refractivity contribution < 1.29 is 22.7 Å². The number of carbonyl (C=O) groups is 1. The van der Waals surface area contributed by atoms with Gasteiger partial charge in [-0.05, 0) is 6.42 Å². The molecule has 1 atom stereocenters. The summed E-state index contributed by atoms with van der Waals surface area (Å²) in [6.07, 6.45) is -3.63. The van der Waals surface area contributed by atoms with Crippen molar-refractivity contribution >= 4 is 5.91 Å². The van der Waals surface area contributed by atoms with Gasteiger partial charge >= 0.3 is 6.18 Å². The highest BCUT2D eigenvalue weighted by Crippen LogP contribution is 2.14. The van der Waals surface area contributed by atoms with Crippen LogP contribution in [0.15, 0.2) is 0 Å². The van der Waals surface area contributed by atoms with Gasteiger partial charge in [0.15, 0.2) is 0 Å². The molecular weight excluding hydrogens is 225 g/mol. The molecule has 0 spiro atoms. The highest BCUT2D eigenvalue weighted by atomic mass is 19.4. The predicted molar refractivity (Wildman–Crippen MR) is 50.7 cm³/mol. The summed E-state index contributed by atoms with van der Waals surface area (Å²) in [5.74, 6) is -0.0712. The fourth-order valence-corrected chi connectivity index (χ4v) is 1.48. The molecule has 1 rings (SSSR count). The van der Waals surface area contributed by atoms with Crippen molar-refractivity contribution in [1.82, 2.24) is 10.2 Å². The summed E-state index contributed by atoms with van der Waals surface area (Å²) in [7, 11) is 0. The highest BCUT2D eigenvalue weighted by Gasteiger charge is 2.30. The first-order valence-electron chi connectivity index (χ1n) is 5.10.